The number of anilines is 1. The van der Waals surface area contributed by atoms with E-state index in [2.05, 4.69) is 53.2 Å². The standard InChI is InChI=1S/C30H33N3O4S/c1-21-30(28-9-4-5-10-29(28)33(21)20-23-7-6-8-26(19-23)37-3)24-15-17-32(18-16-24)38(35,36)27-13-11-25(12-14-27)31-22(2)34/h4-14,19,24H,15-18,20H2,1-3H3,(H,31,34). The van der Waals surface area contributed by atoms with Gasteiger partial charge in [0.05, 0.1) is 12.0 Å². The number of ether oxygens (including phenoxy) is 1. The minimum atomic E-state index is -3.60. The molecule has 8 heteroatoms. The number of methoxy groups -OCH3 is 1. The van der Waals surface area contributed by atoms with Crippen molar-refractivity contribution in [2.24, 2.45) is 0 Å². The van der Waals surface area contributed by atoms with Crippen molar-refractivity contribution in [3.05, 3.63) is 89.6 Å². The Morgan fingerprint density at radius 2 is 1.71 bits per heavy atom. The van der Waals surface area contributed by atoms with Crippen molar-refractivity contribution in [3.63, 3.8) is 0 Å². The molecule has 4 aromatic rings. The number of carbonyl (C=O) groups excluding carboxylic acids is 1. The highest BCUT2D eigenvalue weighted by Crippen LogP contribution is 2.39. The van der Waals surface area contributed by atoms with Crippen molar-refractivity contribution in [1.29, 1.82) is 0 Å². The molecule has 38 heavy (non-hydrogen) atoms. The van der Waals surface area contributed by atoms with Crippen LogP contribution in [-0.4, -0.2) is 43.4 Å². The quantitative estimate of drug-likeness (QED) is 0.340. The van der Waals surface area contributed by atoms with E-state index in [1.165, 1.54) is 34.6 Å². The molecule has 198 valence electrons. The summed E-state index contributed by atoms with van der Waals surface area (Å²) in [5.41, 5.74) is 5.49. The Balaban J connectivity index is 1.37. The molecule has 0 saturated carbocycles. The van der Waals surface area contributed by atoms with Gasteiger partial charge in [-0.1, -0.05) is 30.3 Å². The summed E-state index contributed by atoms with van der Waals surface area (Å²) >= 11 is 0. The topological polar surface area (TPSA) is 80.6 Å². The lowest BCUT2D eigenvalue weighted by Gasteiger charge is -2.31. The fraction of sp³-hybridized carbons (Fsp3) is 0.300. The Bertz CT molecular complexity index is 1570. The Labute approximate surface area is 224 Å². The van der Waals surface area contributed by atoms with Crippen LogP contribution < -0.4 is 10.1 Å². The van der Waals surface area contributed by atoms with Gasteiger partial charge in [0.15, 0.2) is 0 Å². The third kappa shape index (κ3) is 5.06. The van der Waals surface area contributed by atoms with Gasteiger partial charge in [-0.3, -0.25) is 4.79 Å². The van der Waals surface area contributed by atoms with E-state index in [1.807, 2.05) is 12.1 Å². The summed E-state index contributed by atoms with van der Waals surface area (Å²) < 4.78 is 36.0. The molecule has 0 atom stereocenters. The lowest BCUT2D eigenvalue weighted by Crippen LogP contribution is -2.38. The molecule has 7 nitrogen and oxygen atoms in total. The second-order valence-corrected chi connectivity index (χ2v) is 11.8. The average Bonchev–Trinajstić information content (AvgIpc) is 3.19. The number of hydrogen-bond acceptors (Lipinski definition) is 4. The Hall–Kier alpha value is -3.62. The minimum Gasteiger partial charge on any atom is -0.497 e. The number of hydrogen-bond donors (Lipinski definition) is 1. The van der Waals surface area contributed by atoms with Gasteiger partial charge in [-0.05, 0) is 79.3 Å². The average molecular weight is 532 g/mol. The molecule has 0 bridgehead atoms. The molecule has 1 fully saturated rings. The van der Waals surface area contributed by atoms with Gasteiger partial charge in [0.25, 0.3) is 0 Å². The number of piperidine rings is 1. The van der Waals surface area contributed by atoms with Crippen LogP contribution >= 0.6 is 0 Å². The SMILES string of the molecule is COc1cccc(Cn2c(C)c(C3CCN(S(=O)(=O)c4ccc(NC(C)=O)cc4)CC3)c3ccccc32)c1. The number of amides is 1. The molecule has 0 radical (unpaired) electrons. The van der Waals surface area contributed by atoms with Crippen LogP contribution in [0, 0.1) is 6.92 Å². The number of sulfonamides is 1. The lowest BCUT2D eigenvalue weighted by molar-refractivity contribution is -0.114. The van der Waals surface area contributed by atoms with Crippen molar-refractivity contribution >= 4 is 32.5 Å². The third-order valence-electron chi connectivity index (χ3n) is 7.43. The van der Waals surface area contributed by atoms with Crippen LogP contribution in [0.1, 0.15) is 42.5 Å². The second-order valence-electron chi connectivity index (χ2n) is 9.84. The minimum absolute atomic E-state index is 0.192. The first-order valence-electron chi connectivity index (χ1n) is 12.9. The van der Waals surface area contributed by atoms with Crippen LogP contribution in [0.15, 0.2) is 77.7 Å². The number of rotatable bonds is 7. The molecular formula is C30H33N3O4S. The second kappa shape index (κ2) is 10.6. The van der Waals surface area contributed by atoms with E-state index in [9.17, 15) is 13.2 Å². The summed E-state index contributed by atoms with van der Waals surface area (Å²) in [6.07, 6.45) is 1.52. The van der Waals surface area contributed by atoms with E-state index in [0.29, 0.717) is 18.8 Å². The molecule has 0 unspecified atom stereocenters. The van der Waals surface area contributed by atoms with Crippen LogP contribution in [0.4, 0.5) is 5.69 Å². The Morgan fingerprint density at radius 3 is 2.39 bits per heavy atom. The Morgan fingerprint density at radius 1 is 1.00 bits per heavy atom. The van der Waals surface area contributed by atoms with Gasteiger partial charge >= 0.3 is 0 Å². The van der Waals surface area contributed by atoms with Crippen LogP contribution in [-0.2, 0) is 21.4 Å². The predicted molar refractivity (Wildman–Crippen MR) is 150 cm³/mol. The highest BCUT2D eigenvalue weighted by atomic mass is 32.2. The molecule has 2 heterocycles. The lowest BCUT2D eigenvalue weighted by atomic mass is 9.88. The number of para-hydroxylation sites is 1. The molecule has 1 aromatic heterocycles. The number of benzene rings is 3. The fourth-order valence-electron chi connectivity index (χ4n) is 5.58. The molecule has 1 amide bonds. The first kappa shape index (κ1) is 26.0. The maximum absolute atomic E-state index is 13.3. The Kier molecular flexibility index (Phi) is 7.27. The molecule has 3 aromatic carbocycles. The number of carbonyl (C=O) groups is 1. The molecule has 1 N–H and O–H groups in total. The molecule has 1 aliphatic heterocycles. The van der Waals surface area contributed by atoms with E-state index in [1.54, 1.807) is 35.7 Å². The van der Waals surface area contributed by atoms with Crippen LogP contribution in [0.5, 0.6) is 5.75 Å². The van der Waals surface area contributed by atoms with Gasteiger partial charge in [-0.2, -0.15) is 4.31 Å². The van der Waals surface area contributed by atoms with Gasteiger partial charge in [0.1, 0.15) is 5.75 Å². The zero-order valence-electron chi connectivity index (χ0n) is 22.0. The maximum Gasteiger partial charge on any atom is 0.243 e. The van der Waals surface area contributed by atoms with E-state index >= 15 is 0 Å². The number of nitrogens with one attached hydrogen (secondary N) is 1. The molecule has 0 aliphatic carbocycles. The molecular weight excluding hydrogens is 498 g/mol. The highest BCUT2D eigenvalue weighted by Gasteiger charge is 2.32. The zero-order valence-corrected chi connectivity index (χ0v) is 22.8. The molecule has 5 rings (SSSR count). The normalized spacial score (nSPS) is 15.0. The van der Waals surface area contributed by atoms with Crippen molar-refractivity contribution < 1.29 is 17.9 Å². The van der Waals surface area contributed by atoms with Gasteiger partial charge in [0, 0.05) is 48.8 Å². The molecule has 0 spiro atoms. The monoisotopic (exact) mass is 531 g/mol. The predicted octanol–water partition coefficient (Wildman–Crippen LogP) is 5.53. The summed E-state index contributed by atoms with van der Waals surface area (Å²) in [6, 6.07) is 23.0. The summed E-state index contributed by atoms with van der Waals surface area (Å²) in [5.74, 6) is 0.929. The fourth-order valence-corrected chi connectivity index (χ4v) is 7.05. The van der Waals surface area contributed by atoms with Crippen molar-refractivity contribution in [3.8, 4) is 5.75 Å². The number of fused-ring (bicyclic) bond motifs is 1. The van der Waals surface area contributed by atoms with E-state index in [0.717, 1.165) is 25.1 Å². The van der Waals surface area contributed by atoms with Gasteiger partial charge < -0.3 is 14.6 Å². The van der Waals surface area contributed by atoms with Gasteiger partial charge in [-0.15, -0.1) is 0 Å². The van der Waals surface area contributed by atoms with Crippen molar-refractivity contribution in [2.45, 2.75) is 44.0 Å². The summed E-state index contributed by atoms with van der Waals surface area (Å²) in [4.78, 5) is 11.5. The van der Waals surface area contributed by atoms with Crippen LogP contribution in [0.25, 0.3) is 10.9 Å². The first-order chi connectivity index (χ1) is 18.3. The number of aromatic nitrogens is 1. The van der Waals surface area contributed by atoms with Crippen molar-refractivity contribution in [2.75, 3.05) is 25.5 Å². The molecule has 1 saturated heterocycles. The van der Waals surface area contributed by atoms with Crippen molar-refractivity contribution in [1.82, 2.24) is 8.87 Å². The third-order valence-corrected chi connectivity index (χ3v) is 9.34. The van der Waals surface area contributed by atoms with E-state index < -0.39 is 10.0 Å². The highest BCUT2D eigenvalue weighted by molar-refractivity contribution is 7.89. The van der Waals surface area contributed by atoms with Gasteiger partial charge in [0.2, 0.25) is 15.9 Å². The smallest absolute Gasteiger partial charge is 0.243 e. The molecule has 1 aliphatic rings. The van der Waals surface area contributed by atoms with Crippen LogP contribution in [0.3, 0.4) is 0 Å². The summed E-state index contributed by atoms with van der Waals surface area (Å²) in [5, 5.41) is 3.91. The first-order valence-corrected chi connectivity index (χ1v) is 14.3. The van der Waals surface area contributed by atoms with Crippen LogP contribution in [0.2, 0.25) is 0 Å². The zero-order chi connectivity index (χ0) is 26.9. The number of nitrogens with zero attached hydrogens (tertiary/aromatic N) is 2. The summed E-state index contributed by atoms with van der Waals surface area (Å²) in [7, 11) is -1.92. The summed E-state index contributed by atoms with van der Waals surface area (Å²) in [6.45, 7) is 5.28. The van der Waals surface area contributed by atoms with E-state index in [-0.39, 0.29) is 16.7 Å². The van der Waals surface area contributed by atoms with Gasteiger partial charge in [-0.25, -0.2) is 8.42 Å². The van der Waals surface area contributed by atoms with E-state index in [4.69, 9.17) is 4.74 Å². The maximum atomic E-state index is 13.3. The largest absolute Gasteiger partial charge is 0.497 e.